The molecular formula is C14H28O2. The highest BCUT2D eigenvalue weighted by Crippen LogP contribution is 2.47. The van der Waals surface area contributed by atoms with Gasteiger partial charge >= 0.3 is 5.97 Å². The highest BCUT2D eigenvalue weighted by molar-refractivity contribution is 5.69. The van der Waals surface area contributed by atoms with Crippen molar-refractivity contribution in [1.29, 1.82) is 0 Å². The first-order valence-corrected chi connectivity index (χ1v) is 6.44. The van der Waals surface area contributed by atoms with E-state index in [-0.39, 0.29) is 22.9 Å². The summed E-state index contributed by atoms with van der Waals surface area (Å²) in [7, 11) is 0. The molecule has 0 bridgehead atoms. The highest BCUT2D eigenvalue weighted by Gasteiger charge is 2.44. The molecule has 0 aliphatic rings. The minimum Gasteiger partial charge on any atom is -0.462 e. The van der Waals surface area contributed by atoms with Crippen LogP contribution < -0.4 is 0 Å². The summed E-state index contributed by atoms with van der Waals surface area (Å²) in [5, 5.41) is 0. The lowest BCUT2D eigenvalue weighted by Crippen LogP contribution is -2.44. The van der Waals surface area contributed by atoms with Crippen LogP contribution in [-0.4, -0.2) is 12.1 Å². The number of hydrogen-bond acceptors (Lipinski definition) is 2. The first kappa shape index (κ1) is 15.5. The molecule has 0 aliphatic heterocycles. The van der Waals surface area contributed by atoms with E-state index in [9.17, 15) is 4.79 Å². The molecule has 0 radical (unpaired) electrons. The summed E-state index contributed by atoms with van der Waals surface area (Å²) >= 11 is 0. The van der Waals surface area contributed by atoms with E-state index in [0.717, 1.165) is 12.8 Å². The maximum absolute atomic E-state index is 11.4. The first-order chi connectivity index (χ1) is 7.25. The van der Waals surface area contributed by atoms with Gasteiger partial charge < -0.3 is 4.74 Å². The molecule has 0 spiro atoms. The van der Waals surface area contributed by atoms with Gasteiger partial charge in [0.15, 0.2) is 0 Å². The summed E-state index contributed by atoms with van der Waals surface area (Å²) in [6.45, 7) is 15.0. The molecule has 0 heterocycles. The minimum absolute atomic E-state index is 0.0279. The van der Waals surface area contributed by atoms with Gasteiger partial charge in [0, 0.05) is 11.8 Å². The van der Waals surface area contributed by atoms with Crippen molar-refractivity contribution in [3.05, 3.63) is 0 Å². The van der Waals surface area contributed by atoms with Crippen LogP contribution in [0, 0.1) is 10.8 Å². The summed E-state index contributed by atoms with van der Waals surface area (Å²) in [6.07, 6.45) is 2.54. The molecule has 0 aromatic carbocycles. The Morgan fingerprint density at radius 2 is 1.62 bits per heavy atom. The third kappa shape index (κ3) is 2.99. The van der Waals surface area contributed by atoms with Crippen LogP contribution >= 0.6 is 0 Å². The third-order valence-electron chi connectivity index (χ3n) is 4.66. The predicted octanol–water partition coefficient (Wildman–Crippen LogP) is 4.18. The number of ether oxygens (including phenoxy) is 1. The first-order valence-electron chi connectivity index (χ1n) is 6.44. The monoisotopic (exact) mass is 228 g/mol. The minimum atomic E-state index is -0.0981. The second-order valence-electron chi connectivity index (χ2n) is 5.49. The molecule has 0 saturated carbocycles. The van der Waals surface area contributed by atoms with Crippen LogP contribution in [0.2, 0.25) is 0 Å². The zero-order chi connectivity index (χ0) is 13.0. The Balaban J connectivity index is 4.88. The van der Waals surface area contributed by atoms with Crippen molar-refractivity contribution in [2.24, 2.45) is 10.8 Å². The zero-order valence-electron chi connectivity index (χ0n) is 12.0. The molecule has 0 fully saturated rings. The fraction of sp³-hybridized carbons (Fsp3) is 0.929. The van der Waals surface area contributed by atoms with Gasteiger partial charge in [-0.2, -0.15) is 0 Å². The lowest BCUT2D eigenvalue weighted by molar-refractivity contribution is -0.160. The second kappa shape index (κ2) is 5.70. The van der Waals surface area contributed by atoms with Crippen molar-refractivity contribution in [2.75, 3.05) is 0 Å². The van der Waals surface area contributed by atoms with E-state index < -0.39 is 0 Å². The fourth-order valence-electron chi connectivity index (χ4n) is 2.13. The number of carbonyl (C=O) groups is 1. The molecule has 96 valence electrons. The van der Waals surface area contributed by atoms with Crippen LogP contribution in [0.4, 0.5) is 0 Å². The summed E-state index contributed by atoms with van der Waals surface area (Å²) in [6, 6.07) is 0. The topological polar surface area (TPSA) is 26.3 Å². The molecule has 2 nitrogen and oxygen atoms in total. The molecule has 16 heavy (non-hydrogen) atoms. The van der Waals surface area contributed by atoms with Crippen molar-refractivity contribution in [3.63, 3.8) is 0 Å². The Labute approximate surface area is 101 Å². The molecule has 2 atom stereocenters. The van der Waals surface area contributed by atoms with Crippen LogP contribution in [0.15, 0.2) is 0 Å². The molecule has 0 aliphatic carbocycles. The number of hydrogen-bond donors (Lipinski definition) is 0. The van der Waals surface area contributed by atoms with Gasteiger partial charge in [-0.05, 0) is 18.8 Å². The number of rotatable bonds is 6. The Hall–Kier alpha value is -0.530. The SMILES string of the molecule is CCC(=O)OC(C)C(C)(CC)C(C)(C)CC. The van der Waals surface area contributed by atoms with Gasteiger partial charge in [-0.3, -0.25) is 4.79 Å². The molecule has 0 aromatic heterocycles. The summed E-state index contributed by atoms with van der Waals surface area (Å²) in [4.78, 5) is 11.4. The van der Waals surface area contributed by atoms with Gasteiger partial charge in [-0.15, -0.1) is 0 Å². The Morgan fingerprint density at radius 1 is 1.12 bits per heavy atom. The average Bonchev–Trinajstić information content (AvgIpc) is 2.27. The van der Waals surface area contributed by atoms with E-state index in [1.165, 1.54) is 0 Å². The number of carbonyl (C=O) groups excluding carboxylic acids is 1. The molecule has 0 rings (SSSR count). The van der Waals surface area contributed by atoms with Crippen LogP contribution in [-0.2, 0) is 9.53 Å². The third-order valence-corrected chi connectivity index (χ3v) is 4.66. The summed E-state index contributed by atoms with van der Waals surface area (Å²) < 4.78 is 5.50. The maximum Gasteiger partial charge on any atom is 0.305 e. The van der Waals surface area contributed by atoms with E-state index in [4.69, 9.17) is 4.74 Å². The van der Waals surface area contributed by atoms with E-state index >= 15 is 0 Å². The highest BCUT2D eigenvalue weighted by atomic mass is 16.5. The maximum atomic E-state index is 11.4. The average molecular weight is 228 g/mol. The van der Waals surface area contributed by atoms with Crippen molar-refractivity contribution in [1.82, 2.24) is 0 Å². The van der Waals surface area contributed by atoms with Gasteiger partial charge in [0.25, 0.3) is 0 Å². The van der Waals surface area contributed by atoms with Crippen LogP contribution in [0.5, 0.6) is 0 Å². The lowest BCUT2D eigenvalue weighted by atomic mass is 9.61. The van der Waals surface area contributed by atoms with Crippen LogP contribution in [0.3, 0.4) is 0 Å². The molecule has 0 aromatic rings. The van der Waals surface area contributed by atoms with Crippen molar-refractivity contribution in [3.8, 4) is 0 Å². The Bertz CT molecular complexity index is 233. The molecule has 0 saturated heterocycles. The largest absolute Gasteiger partial charge is 0.462 e. The molecule has 0 N–H and O–H groups in total. The second-order valence-corrected chi connectivity index (χ2v) is 5.49. The van der Waals surface area contributed by atoms with Gasteiger partial charge in [0.2, 0.25) is 0 Å². The fourth-order valence-corrected chi connectivity index (χ4v) is 2.13. The van der Waals surface area contributed by atoms with Gasteiger partial charge in [-0.25, -0.2) is 0 Å². The van der Waals surface area contributed by atoms with Gasteiger partial charge in [0.1, 0.15) is 6.10 Å². The molecule has 2 unspecified atom stereocenters. The van der Waals surface area contributed by atoms with E-state index in [1.54, 1.807) is 0 Å². The molecule has 2 heteroatoms. The standard InChI is InChI=1S/C14H28O2/c1-8-12(15)16-11(4)14(7,10-3)13(5,6)9-2/h11H,8-10H2,1-7H3. The van der Waals surface area contributed by atoms with Crippen LogP contribution in [0.1, 0.15) is 67.7 Å². The van der Waals surface area contributed by atoms with Gasteiger partial charge in [0.05, 0.1) is 0 Å². The van der Waals surface area contributed by atoms with E-state index in [2.05, 4.69) is 34.6 Å². The number of esters is 1. The lowest BCUT2D eigenvalue weighted by Gasteiger charge is -2.47. The van der Waals surface area contributed by atoms with Crippen molar-refractivity contribution >= 4 is 5.97 Å². The normalized spacial score (nSPS) is 17.7. The van der Waals surface area contributed by atoms with Crippen LogP contribution in [0.25, 0.3) is 0 Å². The molecule has 0 amide bonds. The van der Waals surface area contributed by atoms with E-state index in [0.29, 0.717) is 6.42 Å². The Kier molecular flexibility index (Phi) is 5.51. The van der Waals surface area contributed by atoms with Crippen molar-refractivity contribution < 1.29 is 9.53 Å². The smallest absolute Gasteiger partial charge is 0.305 e. The van der Waals surface area contributed by atoms with Gasteiger partial charge in [-0.1, -0.05) is 48.0 Å². The van der Waals surface area contributed by atoms with Crippen molar-refractivity contribution in [2.45, 2.75) is 73.8 Å². The molecular weight excluding hydrogens is 200 g/mol. The summed E-state index contributed by atoms with van der Waals surface area (Å²) in [5.74, 6) is -0.0981. The quantitative estimate of drug-likeness (QED) is 0.637. The summed E-state index contributed by atoms with van der Waals surface area (Å²) in [5.41, 5.74) is 0.210. The van der Waals surface area contributed by atoms with E-state index in [1.807, 2.05) is 13.8 Å². The Morgan fingerprint density at radius 3 is 1.94 bits per heavy atom. The zero-order valence-corrected chi connectivity index (χ0v) is 12.0. The predicted molar refractivity (Wildman–Crippen MR) is 68.3 cm³/mol.